The zero-order valence-corrected chi connectivity index (χ0v) is 15.5. The van der Waals surface area contributed by atoms with E-state index in [1.54, 1.807) is 0 Å². The van der Waals surface area contributed by atoms with E-state index in [2.05, 4.69) is 51.2 Å². The molecule has 0 aliphatic rings. The van der Waals surface area contributed by atoms with Gasteiger partial charge in [-0.2, -0.15) is 0 Å². The second-order valence-electron chi connectivity index (χ2n) is 6.58. The van der Waals surface area contributed by atoms with Crippen molar-refractivity contribution in [2.45, 2.75) is 39.5 Å². The SMILES string of the molecule is Cc1cc(C(C)(C)C)ccc1OCCCNCCN.O=C(O)C(=O)O. The number of aliphatic carboxylic acids is 2. The van der Waals surface area contributed by atoms with Gasteiger partial charge >= 0.3 is 11.9 Å². The largest absolute Gasteiger partial charge is 0.493 e. The van der Waals surface area contributed by atoms with Crippen LogP contribution in [0, 0.1) is 6.92 Å². The summed E-state index contributed by atoms with van der Waals surface area (Å²) in [7, 11) is 0. The number of benzene rings is 1. The molecule has 142 valence electrons. The predicted molar refractivity (Wildman–Crippen MR) is 97.2 cm³/mol. The molecule has 0 amide bonds. The highest BCUT2D eigenvalue weighted by molar-refractivity contribution is 6.27. The van der Waals surface area contributed by atoms with Gasteiger partial charge in [-0.05, 0) is 42.5 Å². The Labute approximate surface area is 149 Å². The Morgan fingerprint density at radius 1 is 1.16 bits per heavy atom. The summed E-state index contributed by atoms with van der Waals surface area (Å²) < 4.78 is 5.81. The van der Waals surface area contributed by atoms with Crippen molar-refractivity contribution in [2.24, 2.45) is 5.73 Å². The molecule has 0 aliphatic carbocycles. The van der Waals surface area contributed by atoms with Crippen LogP contribution in [0.15, 0.2) is 18.2 Å². The summed E-state index contributed by atoms with van der Waals surface area (Å²) in [5.74, 6) is -2.66. The highest BCUT2D eigenvalue weighted by Crippen LogP contribution is 2.27. The number of nitrogens with two attached hydrogens (primary N) is 1. The van der Waals surface area contributed by atoms with Crippen LogP contribution in [0.3, 0.4) is 0 Å². The Bertz CT molecular complexity index is 541. The van der Waals surface area contributed by atoms with Gasteiger partial charge in [-0.3, -0.25) is 0 Å². The van der Waals surface area contributed by atoms with E-state index < -0.39 is 11.9 Å². The van der Waals surface area contributed by atoms with Gasteiger partial charge in [0.2, 0.25) is 0 Å². The highest BCUT2D eigenvalue weighted by Gasteiger charge is 2.14. The zero-order chi connectivity index (χ0) is 19.5. The van der Waals surface area contributed by atoms with Crippen molar-refractivity contribution in [2.75, 3.05) is 26.2 Å². The molecule has 0 saturated heterocycles. The second kappa shape index (κ2) is 11.4. The molecule has 5 N–H and O–H groups in total. The van der Waals surface area contributed by atoms with Crippen LogP contribution >= 0.6 is 0 Å². The molecule has 1 aromatic carbocycles. The molecular weight excluding hydrogens is 324 g/mol. The van der Waals surface area contributed by atoms with Crippen LogP contribution in [0.1, 0.15) is 38.3 Å². The van der Waals surface area contributed by atoms with Gasteiger partial charge in [0.25, 0.3) is 0 Å². The standard InChI is InChI=1S/C16H28N2O.C2H2O4/c1-13-12-14(16(2,3)4)6-7-15(13)19-11-5-9-18-10-8-17;3-1(4)2(5)6/h6-7,12,18H,5,8-11,17H2,1-4H3;(H,3,4)(H,5,6). The molecule has 0 atom stereocenters. The number of carboxylic acid groups (broad SMARTS) is 2. The van der Waals surface area contributed by atoms with Gasteiger partial charge in [0.15, 0.2) is 0 Å². The molecule has 7 heteroatoms. The van der Waals surface area contributed by atoms with Crippen LogP contribution in [0.25, 0.3) is 0 Å². The summed E-state index contributed by atoms with van der Waals surface area (Å²) in [6, 6.07) is 6.47. The molecule has 0 spiro atoms. The number of hydrogen-bond acceptors (Lipinski definition) is 5. The normalized spacial score (nSPS) is 10.6. The Hall–Kier alpha value is -2.12. The van der Waals surface area contributed by atoms with Crippen molar-refractivity contribution >= 4 is 11.9 Å². The molecule has 7 nitrogen and oxygen atoms in total. The third-order valence-electron chi connectivity index (χ3n) is 3.30. The quantitative estimate of drug-likeness (QED) is 0.435. The molecule has 25 heavy (non-hydrogen) atoms. The Morgan fingerprint density at radius 2 is 1.76 bits per heavy atom. The van der Waals surface area contributed by atoms with E-state index in [1.165, 1.54) is 11.1 Å². The summed E-state index contributed by atoms with van der Waals surface area (Å²) in [6.07, 6.45) is 1.00. The second-order valence-corrected chi connectivity index (χ2v) is 6.58. The first kappa shape index (κ1) is 22.9. The van der Waals surface area contributed by atoms with E-state index in [4.69, 9.17) is 30.3 Å². The minimum atomic E-state index is -1.82. The van der Waals surface area contributed by atoms with E-state index >= 15 is 0 Å². The van der Waals surface area contributed by atoms with Gasteiger partial charge in [0, 0.05) is 13.1 Å². The number of aryl methyl sites for hydroxylation is 1. The first-order valence-corrected chi connectivity index (χ1v) is 8.20. The maximum absolute atomic E-state index is 9.10. The minimum absolute atomic E-state index is 0.190. The molecule has 0 bridgehead atoms. The predicted octanol–water partition coefficient (Wildman–Crippen LogP) is 1.77. The summed E-state index contributed by atoms with van der Waals surface area (Å²) >= 11 is 0. The minimum Gasteiger partial charge on any atom is -0.493 e. The lowest BCUT2D eigenvalue weighted by atomic mass is 9.86. The fourth-order valence-corrected chi connectivity index (χ4v) is 1.88. The van der Waals surface area contributed by atoms with Crippen LogP contribution in [0.4, 0.5) is 0 Å². The van der Waals surface area contributed by atoms with Gasteiger partial charge in [0.1, 0.15) is 5.75 Å². The van der Waals surface area contributed by atoms with E-state index in [0.29, 0.717) is 6.54 Å². The summed E-state index contributed by atoms with van der Waals surface area (Å²) in [4.78, 5) is 18.2. The first-order valence-electron chi connectivity index (χ1n) is 8.20. The molecule has 1 aromatic rings. The Kier molecular flexibility index (Phi) is 10.5. The van der Waals surface area contributed by atoms with E-state index in [0.717, 1.165) is 31.9 Å². The van der Waals surface area contributed by atoms with Crippen LogP contribution in [0.2, 0.25) is 0 Å². The lowest BCUT2D eigenvalue weighted by Gasteiger charge is -2.20. The molecule has 0 unspecified atom stereocenters. The lowest BCUT2D eigenvalue weighted by molar-refractivity contribution is -0.159. The van der Waals surface area contributed by atoms with E-state index in [-0.39, 0.29) is 5.41 Å². The average Bonchev–Trinajstić information content (AvgIpc) is 2.51. The van der Waals surface area contributed by atoms with Gasteiger partial charge in [0.05, 0.1) is 6.61 Å². The van der Waals surface area contributed by atoms with Crippen LogP contribution in [-0.2, 0) is 15.0 Å². The molecule has 0 aliphatic heterocycles. The van der Waals surface area contributed by atoms with Crippen molar-refractivity contribution in [3.8, 4) is 5.75 Å². The topological polar surface area (TPSA) is 122 Å². The van der Waals surface area contributed by atoms with Crippen LogP contribution in [0.5, 0.6) is 5.75 Å². The summed E-state index contributed by atoms with van der Waals surface area (Å²) in [5, 5.41) is 18.0. The number of ether oxygens (including phenoxy) is 1. The van der Waals surface area contributed by atoms with Crippen molar-refractivity contribution in [3.63, 3.8) is 0 Å². The van der Waals surface area contributed by atoms with Gasteiger partial charge in [-0.15, -0.1) is 0 Å². The monoisotopic (exact) mass is 354 g/mol. The third kappa shape index (κ3) is 10.4. The molecule has 0 radical (unpaired) electrons. The fourth-order valence-electron chi connectivity index (χ4n) is 1.88. The van der Waals surface area contributed by atoms with Crippen molar-refractivity contribution in [3.05, 3.63) is 29.3 Å². The van der Waals surface area contributed by atoms with Crippen molar-refractivity contribution < 1.29 is 24.5 Å². The summed E-state index contributed by atoms with van der Waals surface area (Å²) in [6.45, 7) is 12.1. The highest BCUT2D eigenvalue weighted by atomic mass is 16.5. The van der Waals surface area contributed by atoms with Gasteiger partial charge in [-0.25, -0.2) is 9.59 Å². The van der Waals surface area contributed by atoms with Crippen LogP contribution in [-0.4, -0.2) is 48.4 Å². The van der Waals surface area contributed by atoms with Crippen molar-refractivity contribution in [1.29, 1.82) is 0 Å². The zero-order valence-electron chi connectivity index (χ0n) is 15.5. The smallest absolute Gasteiger partial charge is 0.414 e. The Balaban J connectivity index is 0.000000823. The summed E-state index contributed by atoms with van der Waals surface area (Å²) in [5.41, 5.74) is 8.16. The molecule has 1 rings (SSSR count). The lowest BCUT2D eigenvalue weighted by Crippen LogP contribution is -2.24. The number of hydrogen-bond donors (Lipinski definition) is 4. The molecule has 0 aromatic heterocycles. The third-order valence-corrected chi connectivity index (χ3v) is 3.30. The molecule has 0 heterocycles. The molecular formula is C18H30N2O5. The maximum atomic E-state index is 9.10. The van der Waals surface area contributed by atoms with Crippen molar-refractivity contribution in [1.82, 2.24) is 5.32 Å². The van der Waals surface area contributed by atoms with Crippen LogP contribution < -0.4 is 15.8 Å². The van der Waals surface area contributed by atoms with E-state index in [9.17, 15) is 0 Å². The number of nitrogens with one attached hydrogen (secondary N) is 1. The number of carboxylic acids is 2. The number of carbonyl (C=O) groups is 2. The van der Waals surface area contributed by atoms with E-state index in [1.807, 2.05) is 0 Å². The molecule has 0 fully saturated rings. The fraction of sp³-hybridized carbons (Fsp3) is 0.556. The van der Waals surface area contributed by atoms with Gasteiger partial charge in [-0.1, -0.05) is 32.9 Å². The Morgan fingerprint density at radius 3 is 2.20 bits per heavy atom. The van der Waals surface area contributed by atoms with Gasteiger partial charge < -0.3 is 26.0 Å². The first-order chi connectivity index (χ1) is 11.6. The maximum Gasteiger partial charge on any atom is 0.414 e. The molecule has 0 saturated carbocycles. The number of rotatable bonds is 7. The average molecular weight is 354 g/mol.